The summed E-state index contributed by atoms with van der Waals surface area (Å²) in [6.07, 6.45) is 5.75. The Labute approximate surface area is 96.0 Å². The summed E-state index contributed by atoms with van der Waals surface area (Å²) in [6.45, 7) is 12.8. The first-order chi connectivity index (χ1) is 6.88. The summed E-state index contributed by atoms with van der Waals surface area (Å²) in [5.74, 6) is 1.98. The minimum absolute atomic E-state index is 0.519. The van der Waals surface area contributed by atoms with E-state index in [0.717, 1.165) is 11.8 Å². The van der Waals surface area contributed by atoms with E-state index in [1.54, 1.807) is 0 Å². The zero-order valence-corrected chi connectivity index (χ0v) is 11.3. The van der Waals surface area contributed by atoms with Gasteiger partial charge in [-0.15, -0.1) is 0 Å². The Morgan fingerprint density at radius 1 is 1.13 bits per heavy atom. The van der Waals surface area contributed by atoms with Crippen LogP contribution in [0.25, 0.3) is 0 Å². The minimum Gasteiger partial charge on any atom is -0.314 e. The number of hydrogen-bond donors (Lipinski definition) is 1. The lowest BCUT2D eigenvalue weighted by Gasteiger charge is -2.38. The van der Waals surface area contributed by atoms with E-state index >= 15 is 0 Å². The van der Waals surface area contributed by atoms with Gasteiger partial charge in [0.2, 0.25) is 0 Å². The summed E-state index contributed by atoms with van der Waals surface area (Å²) in [5.41, 5.74) is 0.519. The first kappa shape index (κ1) is 13.0. The van der Waals surface area contributed by atoms with Gasteiger partial charge in [0, 0.05) is 6.04 Å². The summed E-state index contributed by atoms with van der Waals surface area (Å²) >= 11 is 0. The Bertz CT molecular complexity index is 178. The third kappa shape index (κ3) is 5.01. The standard InChI is InChI=1S/C14H29N/c1-11(2)15-10-13-7-6-12(13)8-9-14(3,4)5/h11-13,15H,6-10H2,1-5H3. The first-order valence-electron chi connectivity index (χ1n) is 6.62. The topological polar surface area (TPSA) is 12.0 Å². The number of rotatable bonds is 5. The quantitative estimate of drug-likeness (QED) is 0.728. The third-order valence-electron chi connectivity index (χ3n) is 3.63. The fourth-order valence-electron chi connectivity index (χ4n) is 2.29. The Morgan fingerprint density at radius 2 is 1.73 bits per heavy atom. The molecule has 0 bridgehead atoms. The smallest absolute Gasteiger partial charge is 0.00104 e. The molecule has 0 aromatic rings. The molecule has 2 unspecified atom stereocenters. The van der Waals surface area contributed by atoms with Gasteiger partial charge in [0.05, 0.1) is 0 Å². The summed E-state index contributed by atoms with van der Waals surface area (Å²) < 4.78 is 0. The van der Waals surface area contributed by atoms with Crippen LogP contribution in [0.15, 0.2) is 0 Å². The summed E-state index contributed by atoms with van der Waals surface area (Å²) in [4.78, 5) is 0. The van der Waals surface area contributed by atoms with Crippen molar-refractivity contribution in [1.29, 1.82) is 0 Å². The van der Waals surface area contributed by atoms with Crippen LogP contribution in [0, 0.1) is 17.3 Å². The lowest BCUT2D eigenvalue weighted by atomic mass is 9.69. The first-order valence-corrected chi connectivity index (χ1v) is 6.62. The number of nitrogens with one attached hydrogen (secondary N) is 1. The molecule has 1 rings (SSSR count). The van der Waals surface area contributed by atoms with E-state index < -0.39 is 0 Å². The van der Waals surface area contributed by atoms with E-state index in [1.165, 1.54) is 32.2 Å². The molecular weight excluding hydrogens is 182 g/mol. The summed E-state index contributed by atoms with van der Waals surface area (Å²) in [7, 11) is 0. The highest BCUT2D eigenvalue weighted by atomic mass is 14.9. The van der Waals surface area contributed by atoms with E-state index in [-0.39, 0.29) is 0 Å². The van der Waals surface area contributed by atoms with Crippen molar-refractivity contribution in [1.82, 2.24) is 5.32 Å². The maximum atomic E-state index is 3.57. The van der Waals surface area contributed by atoms with Gasteiger partial charge in [0.1, 0.15) is 0 Å². The summed E-state index contributed by atoms with van der Waals surface area (Å²) in [5, 5.41) is 3.57. The Hall–Kier alpha value is -0.0400. The van der Waals surface area contributed by atoms with Crippen LogP contribution < -0.4 is 5.32 Å². The van der Waals surface area contributed by atoms with Gasteiger partial charge in [-0.25, -0.2) is 0 Å². The van der Waals surface area contributed by atoms with Crippen LogP contribution in [-0.4, -0.2) is 12.6 Å². The molecule has 0 heterocycles. The van der Waals surface area contributed by atoms with Crippen molar-refractivity contribution in [3.05, 3.63) is 0 Å². The average molecular weight is 211 g/mol. The van der Waals surface area contributed by atoms with Crippen LogP contribution in [0.4, 0.5) is 0 Å². The molecule has 0 amide bonds. The molecule has 1 aliphatic rings. The van der Waals surface area contributed by atoms with E-state index in [9.17, 15) is 0 Å². The molecule has 1 nitrogen and oxygen atoms in total. The molecular formula is C14H29N. The molecule has 0 radical (unpaired) electrons. The fraction of sp³-hybridized carbons (Fsp3) is 1.00. The molecule has 1 saturated carbocycles. The maximum Gasteiger partial charge on any atom is 0.00104 e. The Kier molecular flexibility index (Phi) is 4.64. The number of hydrogen-bond acceptors (Lipinski definition) is 1. The van der Waals surface area contributed by atoms with Crippen molar-refractivity contribution >= 4 is 0 Å². The molecule has 1 fully saturated rings. The Morgan fingerprint density at radius 3 is 2.13 bits per heavy atom. The van der Waals surface area contributed by atoms with Crippen molar-refractivity contribution < 1.29 is 0 Å². The molecule has 1 N–H and O–H groups in total. The van der Waals surface area contributed by atoms with Gasteiger partial charge in [0.15, 0.2) is 0 Å². The second-order valence-electron chi connectivity index (χ2n) is 6.76. The van der Waals surface area contributed by atoms with E-state index in [2.05, 4.69) is 39.9 Å². The molecule has 0 saturated heterocycles. The SMILES string of the molecule is CC(C)NCC1CCC1CCC(C)(C)C. The predicted octanol–water partition coefficient (Wildman–Crippen LogP) is 3.84. The highest BCUT2D eigenvalue weighted by molar-refractivity contribution is 4.83. The van der Waals surface area contributed by atoms with E-state index in [4.69, 9.17) is 0 Å². The predicted molar refractivity (Wildman–Crippen MR) is 68.0 cm³/mol. The average Bonchev–Trinajstić information content (AvgIpc) is 1.99. The largest absolute Gasteiger partial charge is 0.314 e. The molecule has 0 aliphatic heterocycles. The van der Waals surface area contributed by atoms with Gasteiger partial charge in [-0.05, 0) is 49.5 Å². The lowest BCUT2D eigenvalue weighted by molar-refractivity contribution is 0.139. The van der Waals surface area contributed by atoms with Crippen LogP contribution in [0.2, 0.25) is 0 Å². The highest BCUT2D eigenvalue weighted by Gasteiger charge is 2.30. The van der Waals surface area contributed by atoms with Gasteiger partial charge >= 0.3 is 0 Å². The maximum absolute atomic E-state index is 3.57. The molecule has 0 aromatic heterocycles. The van der Waals surface area contributed by atoms with Gasteiger partial charge < -0.3 is 5.32 Å². The fourth-order valence-corrected chi connectivity index (χ4v) is 2.29. The van der Waals surface area contributed by atoms with E-state index in [0.29, 0.717) is 11.5 Å². The monoisotopic (exact) mass is 211 g/mol. The molecule has 2 atom stereocenters. The van der Waals surface area contributed by atoms with Gasteiger partial charge in [0.25, 0.3) is 0 Å². The normalized spacial score (nSPS) is 26.8. The lowest BCUT2D eigenvalue weighted by Crippen LogP contribution is -2.38. The van der Waals surface area contributed by atoms with Gasteiger partial charge in [-0.3, -0.25) is 0 Å². The molecule has 15 heavy (non-hydrogen) atoms. The third-order valence-corrected chi connectivity index (χ3v) is 3.63. The van der Waals surface area contributed by atoms with Crippen LogP contribution in [0.3, 0.4) is 0 Å². The van der Waals surface area contributed by atoms with Crippen LogP contribution >= 0.6 is 0 Å². The second kappa shape index (κ2) is 5.34. The van der Waals surface area contributed by atoms with Crippen LogP contribution in [0.5, 0.6) is 0 Å². The molecule has 0 aromatic carbocycles. The summed E-state index contributed by atoms with van der Waals surface area (Å²) in [6, 6.07) is 0.647. The van der Waals surface area contributed by atoms with Crippen molar-refractivity contribution in [2.75, 3.05) is 6.54 Å². The van der Waals surface area contributed by atoms with Crippen LogP contribution in [-0.2, 0) is 0 Å². The molecule has 1 heteroatoms. The minimum atomic E-state index is 0.519. The van der Waals surface area contributed by atoms with E-state index in [1.807, 2.05) is 0 Å². The van der Waals surface area contributed by atoms with Crippen molar-refractivity contribution in [2.24, 2.45) is 17.3 Å². The van der Waals surface area contributed by atoms with Gasteiger partial charge in [-0.2, -0.15) is 0 Å². The van der Waals surface area contributed by atoms with Crippen molar-refractivity contribution in [3.63, 3.8) is 0 Å². The van der Waals surface area contributed by atoms with Crippen molar-refractivity contribution in [2.45, 2.75) is 66.3 Å². The molecule has 1 aliphatic carbocycles. The molecule has 90 valence electrons. The Balaban J connectivity index is 2.15. The van der Waals surface area contributed by atoms with Crippen molar-refractivity contribution in [3.8, 4) is 0 Å². The van der Waals surface area contributed by atoms with Gasteiger partial charge in [-0.1, -0.05) is 34.6 Å². The zero-order valence-electron chi connectivity index (χ0n) is 11.3. The van der Waals surface area contributed by atoms with Crippen LogP contribution in [0.1, 0.15) is 60.3 Å². The highest BCUT2D eigenvalue weighted by Crippen LogP contribution is 2.39. The zero-order chi connectivity index (χ0) is 11.5. The second-order valence-corrected chi connectivity index (χ2v) is 6.76. The molecule has 0 spiro atoms.